The summed E-state index contributed by atoms with van der Waals surface area (Å²) in [5, 5.41) is 11.9. The van der Waals surface area contributed by atoms with Crippen LogP contribution in [0.3, 0.4) is 0 Å². The lowest BCUT2D eigenvalue weighted by molar-refractivity contribution is -0.102. The minimum atomic E-state index is -3.15. The molecule has 158 valence electrons. The summed E-state index contributed by atoms with van der Waals surface area (Å²) in [6.07, 6.45) is 4.48. The van der Waals surface area contributed by atoms with E-state index in [2.05, 4.69) is 25.8 Å². The summed E-state index contributed by atoms with van der Waals surface area (Å²) in [5.74, 6) is -4.50. The number of carbonyl (C=O) groups is 1. The number of nitrogens with two attached hydrogens (primary N) is 1. The lowest BCUT2D eigenvalue weighted by Crippen LogP contribution is -2.47. The van der Waals surface area contributed by atoms with Gasteiger partial charge in [0.05, 0.1) is 28.7 Å². The summed E-state index contributed by atoms with van der Waals surface area (Å²) in [6.45, 7) is -0.506. The fraction of sp³-hybridized carbons (Fsp3) is 0.278. The molecule has 1 aromatic heterocycles. The first-order valence-electron chi connectivity index (χ1n) is 8.84. The van der Waals surface area contributed by atoms with E-state index in [9.17, 15) is 18.0 Å². The van der Waals surface area contributed by atoms with Crippen molar-refractivity contribution in [3.63, 3.8) is 0 Å². The molecular formula is C18H18ClF3N7O+. The highest BCUT2D eigenvalue weighted by molar-refractivity contribution is 6.30. The molecule has 1 aliphatic heterocycles. The number of hydrogen-bond acceptors (Lipinski definition) is 6. The van der Waals surface area contributed by atoms with E-state index in [1.165, 1.54) is 24.7 Å². The van der Waals surface area contributed by atoms with Crippen LogP contribution in [-0.4, -0.2) is 58.3 Å². The number of likely N-dealkylation sites (tertiary alicyclic amines) is 1. The molecule has 12 heteroatoms. The molecular weight excluding hydrogens is 423 g/mol. The predicted molar refractivity (Wildman–Crippen MR) is 106 cm³/mol. The zero-order valence-corrected chi connectivity index (χ0v) is 16.3. The van der Waals surface area contributed by atoms with Crippen LogP contribution in [-0.2, 0) is 0 Å². The van der Waals surface area contributed by atoms with Crippen molar-refractivity contribution in [2.75, 3.05) is 23.8 Å². The Morgan fingerprint density at radius 1 is 1.40 bits per heavy atom. The Morgan fingerprint density at radius 2 is 2.13 bits per heavy atom. The molecule has 8 nitrogen and oxygen atoms in total. The Balaban J connectivity index is 1.83. The molecule has 1 fully saturated rings. The number of aromatic nitrogens is 2. The zero-order chi connectivity index (χ0) is 21.7. The number of rotatable bonds is 7. The van der Waals surface area contributed by atoms with Gasteiger partial charge in [-0.05, 0) is 18.2 Å². The number of carbonyl (C=O) groups excluding carboxylic acids is 1. The SMILES string of the molecule is [NH2+]=C/C=N\Nc1ccc(F)cc1C(=O)N1CCC(F)(F)C1CNc1ncc(Cl)cn1. The van der Waals surface area contributed by atoms with Gasteiger partial charge < -0.3 is 10.2 Å². The topological polar surface area (TPSA) is 108 Å². The third-order valence-electron chi connectivity index (χ3n) is 4.44. The minimum absolute atomic E-state index is 0.0926. The highest BCUT2D eigenvalue weighted by Crippen LogP contribution is 2.36. The third-order valence-corrected chi connectivity index (χ3v) is 4.64. The van der Waals surface area contributed by atoms with Gasteiger partial charge in [0.15, 0.2) is 6.21 Å². The fourth-order valence-electron chi connectivity index (χ4n) is 3.01. The Kier molecular flexibility index (Phi) is 6.50. The molecule has 2 aromatic rings. The number of nitrogens with one attached hydrogen (secondary N) is 2. The van der Waals surface area contributed by atoms with Crippen LogP contribution in [0.5, 0.6) is 0 Å². The molecule has 4 N–H and O–H groups in total. The second-order valence-electron chi connectivity index (χ2n) is 6.40. The summed E-state index contributed by atoms with van der Waals surface area (Å²) < 4.78 is 42.8. The summed E-state index contributed by atoms with van der Waals surface area (Å²) in [5.41, 5.74) is 2.58. The third kappa shape index (κ3) is 4.85. The van der Waals surface area contributed by atoms with Gasteiger partial charge in [-0.2, -0.15) is 5.10 Å². The highest BCUT2D eigenvalue weighted by atomic mass is 35.5. The van der Waals surface area contributed by atoms with Crippen LogP contribution in [0.1, 0.15) is 16.8 Å². The van der Waals surface area contributed by atoms with Crippen LogP contribution in [0.25, 0.3) is 0 Å². The van der Waals surface area contributed by atoms with Crippen molar-refractivity contribution in [3.8, 4) is 0 Å². The van der Waals surface area contributed by atoms with E-state index in [0.717, 1.165) is 23.2 Å². The van der Waals surface area contributed by atoms with Crippen molar-refractivity contribution >= 4 is 41.6 Å². The smallest absolute Gasteiger partial charge is 0.271 e. The van der Waals surface area contributed by atoms with E-state index >= 15 is 0 Å². The molecule has 1 aromatic carbocycles. The van der Waals surface area contributed by atoms with Crippen molar-refractivity contribution in [1.82, 2.24) is 14.9 Å². The molecule has 30 heavy (non-hydrogen) atoms. The van der Waals surface area contributed by atoms with Crippen LogP contribution < -0.4 is 16.2 Å². The van der Waals surface area contributed by atoms with E-state index in [4.69, 9.17) is 17.0 Å². The van der Waals surface area contributed by atoms with Crippen LogP contribution in [0.15, 0.2) is 35.7 Å². The molecule has 0 spiro atoms. The summed E-state index contributed by atoms with van der Waals surface area (Å²) in [6, 6.07) is 1.90. The molecule has 3 rings (SSSR count). The molecule has 1 unspecified atom stereocenters. The van der Waals surface area contributed by atoms with Crippen molar-refractivity contribution in [2.24, 2.45) is 5.10 Å². The number of nitrogens with zero attached hydrogens (tertiary/aromatic N) is 4. The van der Waals surface area contributed by atoms with Gasteiger partial charge in [-0.15, -0.1) is 0 Å². The Hall–Kier alpha value is -3.21. The maximum atomic E-state index is 14.5. The fourth-order valence-corrected chi connectivity index (χ4v) is 3.11. The van der Waals surface area contributed by atoms with Gasteiger partial charge in [-0.3, -0.25) is 15.6 Å². The Morgan fingerprint density at radius 3 is 2.83 bits per heavy atom. The lowest BCUT2D eigenvalue weighted by atomic mass is 10.1. The first-order valence-corrected chi connectivity index (χ1v) is 9.22. The number of alkyl halides is 2. The monoisotopic (exact) mass is 440 g/mol. The summed E-state index contributed by atoms with van der Waals surface area (Å²) >= 11 is 5.71. The summed E-state index contributed by atoms with van der Waals surface area (Å²) in [4.78, 5) is 21.8. The van der Waals surface area contributed by atoms with Gasteiger partial charge in [0.2, 0.25) is 5.95 Å². The molecule has 2 heterocycles. The van der Waals surface area contributed by atoms with Crippen molar-refractivity contribution < 1.29 is 23.4 Å². The van der Waals surface area contributed by atoms with Crippen molar-refractivity contribution in [2.45, 2.75) is 18.4 Å². The molecule has 0 aliphatic carbocycles. The van der Waals surface area contributed by atoms with Crippen LogP contribution >= 0.6 is 11.6 Å². The number of benzene rings is 1. The zero-order valence-electron chi connectivity index (χ0n) is 15.5. The van der Waals surface area contributed by atoms with Crippen molar-refractivity contribution in [3.05, 3.63) is 47.0 Å². The van der Waals surface area contributed by atoms with Gasteiger partial charge >= 0.3 is 0 Å². The normalized spacial score (nSPS) is 17.9. The van der Waals surface area contributed by atoms with Gasteiger partial charge in [0.25, 0.3) is 11.8 Å². The largest absolute Gasteiger partial charge is 0.352 e. The number of hydrogen-bond donors (Lipinski definition) is 3. The average molecular weight is 441 g/mol. The molecule has 1 saturated heterocycles. The molecule has 0 saturated carbocycles. The van der Waals surface area contributed by atoms with E-state index in [-0.39, 0.29) is 30.3 Å². The first-order chi connectivity index (χ1) is 14.3. The van der Waals surface area contributed by atoms with Gasteiger partial charge in [0.1, 0.15) is 18.1 Å². The molecule has 1 atom stereocenters. The quantitative estimate of drug-likeness (QED) is 0.446. The maximum absolute atomic E-state index is 14.5. The number of anilines is 2. The van der Waals surface area contributed by atoms with Crippen LogP contribution in [0.4, 0.5) is 24.8 Å². The molecule has 1 amide bonds. The molecule has 0 bridgehead atoms. The van der Waals surface area contributed by atoms with Crippen LogP contribution in [0, 0.1) is 5.82 Å². The minimum Gasteiger partial charge on any atom is -0.352 e. The van der Waals surface area contributed by atoms with E-state index in [0.29, 0.717) is 5.02 Å². The van der Waals surface area contributed by atoms with E-state index < -0.39 is 30.1 Å². The second-order valence-corrected chi connectivity index (χ2v) is 6.84. The van der Waals surface area contributed by atoms with E-state index in [1.54, 1.807) is 0 Å². The molecule has 0 radical (unpaired) electrons. The number of hydrazone groups is 1. The maximum Gasteiger partial charge on any atom is 0.271 e. The lowest BCUT2D eigenvalue weighted by Gasteiger charge is -2.28. The van der Waals surface area contributed by atoms with Crippen molar-refractivity contribution in [1.29, 1.82) is 0 Å². The van der Waals surface area contributed by atoms with Gasteiger partial charge in [-0.1, -0.05) is 11.6 Å². The summed E-state index contributed by atoms with van der Waals surface area (Å²) in [7, 11) is 0. The average Bonchev–Trinajstić information content (AvgIpc) is 3.02. The first kappa shape index (κ1) is 21.5. The van der Waals surface area contributed by atoms with Gasteiger partial charge in [-0.25, -0.2) is 23.1 Å². The molecule has 1 aliphatic rings. The van der Waals surface area contributed by atoms with Gasteiger partial charge in [0, 0.05) is 19.5 Å². The van der Waals surface area contributed by atoms with E-state index in [1.807, 2.05) is 0 Å². The second kappa shape index (κ2) is 9.08. The Bertz CT molecular complexity index is 955. The predicted octanol–water partition coefficient (Wildman–Crippen LogP) is 1.46. The number of amides is 1. The highest BCUT2D eigenvalue weighted by Gasteiger charge is 2.50. The number of halogens is 4. The Labute approximate surface area is 174 Å². The van der Waals surface area contributed by atoms with Crippen LogP contribution in [0.2, 0.25) is 5.02 Å². The standard InChI is InChI=1S/C18H17ClF3N7O/c19-11-8-24-17(25-9-11)26-10-15-18(21,22)3-6-29(15)16(30)13-7-12(20)1-2-14(13)28-27-5-4-23/h1-2,4-5,7-9,15,23,28H,3,6,10H2,(H,24,25,26)/p+1/b23-4?,27-5-.